The van der Waals surface area contributed by atoms with Gasteiger partial charge in [-0.25, -0.2) is 0 Å². The molecule has 2 aliphatic heterocycles. The van der Waals surface area contributed by atoms with E-state index in [1.165, 1.54) is 5.69 Å². The van der Waals surface area contributed by atoms with Crippen LogP contribution in [0.5, 0.6) is 5.75 Å². The summed E-state index contributed by atoms with van der Waals surface area (Å²) in [4.78, 5) is 19.9. The highest BCUT2D eigenvalue weighted by Crippen LogP contribution is 2.25. The normalized spacial score (nSPS) is 18.4. The molecule has 3 heterocycles. The van der Waals surface area contributed by atoms with Crippen LogP contribution >= 0.6 is 0 Å². The van der Waals surface area contributed by atoms with Gasteiger partial charge in [0, 0.05) is 51.0 Å². The Morgan fingerprint density at radius 2 is 1.83 bits per heavy atom. The molecule has 4 rings (SSSR count). The summed E-state index contributed by atoms with van der Waals surface area (Å²) in [5.41, 5.74) is 1.20. The average molecular weight is 414 g/mol. The number of hydrogen-bond acceptors (Lipinski definition) is 6. The molecule has 2 fully saturated rings. The highest BCUT2D eigenvalue weighted by Gasteiger charge is 2.30. The summed E-state index contributed by atoms with van der Waals surface area (Å²) < 4.78 is 16.1. The highest BCUT2D eigenvalue weighted by molar-refractivity contribution is 5.91. The van der Waals surface area contributed by atoms with E-state index < -0.39 is 0 Å². The standard InChI is InChI=1S/C23H31N3O4/c1-28-21-6-4-19(5-7-21)25-10-8-20(9-11-25)26(23(27)22-3-2-16-30-22)13-12-24-14-17-29-18-15-24/h2-7,16,20H,8-15,17-18H2,1H3. The molecular formula is C23H31N3O4. The van der Waals surface area contributed by atoms with Crippen LogP contribution < -0.4 is 9.64 Å². The molecule has 0 spiro atoms. The SMILES string of the molecule is COc1ccc(N2CCC(N(CCN3CCOCC3)C(=O)c3ccco3)CC2)cc1. The second-order valence-electron chi connectivity index (χ2n) is 7.85. The van der Waals surface area contributed by atoms with Crippen molar-refractivity contribution in [2.45, 2.75) is 18.9 Å². The van der Waals surface area contributed by atoms with Gasteiger partial charge in [0.25, 0.3) is 5.91 Å². The third-order valence-corrected chi connectivity index (χ3v) is 6.10. The molecule has 0 saturated carbocycles. The van der Waals surface area contributed by atoms with Crippen LogP contribution in [0, 0.1) is 0 Å². The lowest BCUT2D eigenvalue weighted by Crippen LogP contribution is -2.50. The fourth-order valence-electron chi connectivity index (χ4n) is 4.29. The van der Waals surface area contributed by atoms with Gasteiger partial charge in [-0.2, -0.15) is 0 Å². The predicted octanol–water partition coefficient (Wildman–Crippen LogP) is 2.73. The Balaban J connectivity index is 1.39. The molecule has 162 valence electrons. The second kappa shape index (κ2) is 10.00. The molecule has 0 N–H and O–H groups in total. The number of methoxy groups -OCH3 is 1. The van der Waals surface area contributed by atoms with Crippen molar-refractivity contribution in [3.05, 3.63) is 48.4 Å². The summed E-state index contributed by atoms with van der Waals surface area (Å²) >= 11 is 0. The van der Waals surface area contributed by atoms with Crippen LogP contribution in [-0.2, 0) is 4.74 Å². The van der Waals surface area contributed by atoms with Crippen LogP contribution in [0.15, 0.2) is 47.1 Å². The van der Waals surface area contributed by atoms with E-state index in [4.69, 9.17) is 13.9 Å². The lowest BCUT2D eigenvalue weighted by molar-refractivity contribution is 0.0279. The predicted molar refractivity (Wildman–Crippen MR) is 115 cm³/mol. The molecule has 0 radical (unpaired) electrons. The van der Waals surface area contributed by atoms with Crippen molar-refractivity contribution >= 4 is 11.6 Å². The maximum Gasteiger partial charge on any atom is 0.289 e. The van der Waals surface area contributed by atoms with Crippen LogP contribution in [0.25, 0.3) is 0 Å². The van der Waals surface area contributed by atoms with Gasteiger partial charge in [0.15, 0.2) is 5.76 Å². The minimum atomic E-state index is -0.00356. The number of nitrogens with zero attached hydrogens (tertiary/aromatic N) is 3. The number of morpholine rings is 1. The summed E-state index contributed by atoms with van der Waals surface area (Å²) in [7, 11) is 1.68. The molecule has 1 aromatic heterocycles. The third-order valence-electron chi connectivity index (χ3n) is 6.10. The maximum absolute atomic E-state index is 13.2. The molecule has 2 aromatic rings. The molecule has 0 unspecified atom stereocenters. The van der Waals surface area contributed by atoms with Gasteiger partial charge in [-0.05, 0) is 49.2 Å². The van der Waals surface area contributed by atoms with E-state index in [9.17, 15) is 4.79 Å². The number of hydrogen-bond donors (Lipinski definition) is 0. The number of amides is 1. The number of furan rings is 1. The Hall–Kier alpha value is -2.51. The van der Waals surface area contributed by atoms with Gasteiger partial charge in [-0.15, -0.1) is 0 Å². The number of carbonyl (C=O) groups excluding carboxylic acids is 1. The average Bonchev–Trinajstić information content (AvgIpc) is 3.35. The molecule has 0 bridgehead atoms. The summed E-state index contributed by atoms with van der Waals surface area (Å²) in [5, 5.41) is 0. The lowest BCUT2D eigenvalue weighted by Gasteiger charge is -2.40. The maximum atomic E-state index is 13.2. The van der Waals surface area contributed by atoms with E-state index in [0.717, 1.165) is 64.5 Å². The van der Waals surface area contributed by atoms with Crippen LogP contribution in [0.2, 0.25) is 0 Å². The smallest absolute Gasteiger partial charge is 0.289 e. The van der Waals surface area contributed by atoms with Crippen molar-refractivity contribution in [1.29, 1.82) is 0 Å². The molecule has 30 heavy (non-hydrogen) atoms. The van der Waals surface area contributed by atoms with E-state index in [0.29, 0.717) is 12.3 Å². The first-order valence-electron chi connectivity index (χ1n) is 10.8. The minimum Gasteiger partial charge on any atom is -0.497 e. The van der Waals surface area contributed by atoms with Gasteiger partial charge < -0.3 is 23.7 Å². The van der Waals surface area contributed by atoms with Crippen molar-refractivity contribution in [1.82, 2.24) is 9.80 Å². The van der Waals surface area contributed by atoms with Gasteiger partial charge in [0.1, 0.15) is 5.75 Å². The fourth-order valence-corrected chi connectivity index (χ4v) is 4.29. The Morgan fingerprint density at radius 3 is 2.47 bits per heavy atom. The highest BCUT2D eigenvalue weighted by atomic mass is 16.5. The molecule has 1 aromatic carbocycles. The van der Waals surface area contributed by atoms with Crippen LogP contribution in [-0.4, -0.2) is 81.3 Å². The molecule has 0 aliphatic carbocycles. The van der Waals surface area contributed by atoms with Gasteiger partial charge in [0.05, 0.1) is 26.6 Å². The molecule has 7 nitrogen and oxygen atoms in total. The van der Waals surface area contributed by atoms with Crippen LogP contribution in [0.4, 0.5) is 5.69 Å². The van der Waals surface area contributed by atoms with E-state index in [1.54, 1.807) is 25.5 Å². The number of ether oxygens (including phenoxy) is 2. The summed E-state index contributed by atoms with van der Waals surface area (Å²) in [6.07, 6.45) is 3.46. The van der Waals surface area contributed by atoms with Crippen LogP contribution in [0.3, 0.4) is 0 Å². The Labute approximate surface area is 178 Å². The summed E-state index contributed by atoms with van der Waals surface area (Å²) in [5.74, 6) is 1.29. The number of rotatable bonds is 7. The topological polar surface area (TPSA) is 58.4 Å². The number of anilines is 1. The van der Waals surface area contributed by atoms with Crippen molar-refractivity contribution in [3.8, 4) is 5.75 Å². The molecule has 2 saturated heterocycles. The monoisotopic (exact) mass is 413 g/mol. The van der Waals surface area contributed by atoms with Crippen molar-refractivity contribution in [3.63, 3.8) is 0 Å². The van der Waals surface area contributed by atoms with Crippen molar-refractivity contribution in [2.24, 2.45) is 0 Å². The van der Waals surface area contributed by atoms with Crippen LogP contribution in [0.1, 0.15) is 23.4 Å². The first-order chi connectivity index (χ1) is 14.7. The van der Waals surface area contributed by atoms with E-state index in [-0.39, 0.29) is 11.9 Å². The molecule has 2 aliphatic rings. The van der Waals surface area contributed by atoms with E-state index in [1.807, 2.05) is 17.0 Å². The Bertz CT molecular complexity index is 779. The second-order valence-corrected chi connectivity index (χ2v) is 7.85. The van der Waals surface area contributed by atoms with Crippen molar-refractivity contribution < 1.29 is 18.7 Å². The Kier molecular flexibility index (Phi) is 6.92. The molecular weight excluding hydrogens is 382 g/mol. The summed E-state index contributed by atoms with van der Waals surface area (Å²) in [6.45, 7) is 6.84. The number of piperidine rings is 1. The molecule has 1 amide bonds. The summed E-state index contributed by atoms with van der Waals surface area (Å²) in [6, 6.07) is 12.0. The zero-order valence-corrected chi connectivity index (χ0v) is 17.7. The Morgan fingerprint density at radius 1 is 1.10 bits per heavy atom. The van der Waals surface area contributed by atoms with E-state index >= 15 is 0 Å². The zero-order chi connectivity index (χ0) is 20.8. The number of benzene rings is 1. The van der Waals surface area contributed by atoms with Gasteiger partial charge in [0.2, 0.25) is 0 Å². The third kappa shape index (κ3) is 4.96. The quantitative estimate of drug-likeness (QED) is 0.696. The molecule has 7 heteroatoms. The first-order valence-corrected chi connectivity index (χ1v) is 10.8. The largest absolute Gasteiger partial charge is 0.497 e. The van der Waals surface area contributed by atoms with Gasteiger partial charge in [-0.1, -0.05) is 0 Å². The fraction of sp³-hybridized carbons (Fsp3) is 0.522. The van der Waals surface area contributed by atoms with Gasteiger partial charge >= 0.3 is 0 Å². The van der Waals surface area contributed by atoms with E-state index in [2.05, 4.69) is 21.9 Å². The minimum absolute atomic E-state index is 0.00356. The number of carbonyl (C=O) groups is 1. The lowest BCUT2D eigenvalue weighted by atomic mass is 10.0. The van der Waals surface area contributed by atoms with Crippen molar-refractivity contribution in [2.75, 3.05) is 64.5 Å². The molecule has 0 atom stereocenters. The first kappa shape index (κ1) is 20.8. The van der Waals surface area contributed by atoms with Gasteiger partial charge in [-0.3, -0.25) is 9.69 Å². The zero-order valence-electron chi connectivity index (χ0n) is 17.7.